The first kappa shape index (κ1) is 35.1. The zero-order valence-electron chi connectivity index (χ0n) is 26.9. The minimum absolute atomic E-state index is 0.0241. The molecule has 3 amide bonds. The van der Waals surface area contributed by atoms with E-state index >= 15 is 0 Å². The number of fused-ring (bicyclic) bond motifs is 4. The van der Waals surface area contributed by atoms with Gasteiger partial charge in [-0.3, -0.25) is 24.1 Å². The number of nitrogen functional groups attached to an aromatic ring is 1. The molecule has 1 aromatic rings. The Hall–Kier alpha value is -4.75. The largest absolute Gasteiger partial charge is 0.504 e. The molecule has 1 aromatic heterocycles. The number of aliphatic hydroxyl groups is 1. The van der Waals surface area contributed by atoms with Crippen LogP contribution in [0.5, 0.6) is 0 Å². The highest BCUT2D eigenvalue weighted by molar-refractivity contribution is 8.00. The SMILES string of the molecule is C[C@H](O/N=C(\C(=O)N[C@@H]1C(=O)N2C(C(=O)O)=C(C[N+]34CCC(CNC(=O)C5=CC(=O)C(O)=CC5)(CC3)CC4)CS[C@H]12)c1csc(N)n1)C(=O)O. The number of rotatable bonds is 12. The number of allylic oxidation sites excluding steroid dienone is 2. The Kier molecular flexibility index (Phi) is 9.49. The summed E-state index contributed by atoms with van der Waals surface area (Å²) < 4.78 is 0.671. The summed E-state index contributed by atoms with van der Waals surface area (Å²) >= 11 is 2.37. The van der Waals surface area contributed by atoms with E-state index in [0.717, 1.165) is 56.3 Å². The molecule has 6 aliphatic rings. The van der Waals surface area contributed by atoms with Gasteiger partial charge in [-0.25, -0.2) is 14.6 Å². The van der Waals surface area contributed by atoms with Crippen molar-refractivity contribution in [1.29, 1.82) is 0 Å². The van der Waals surface area contributed by atoms with Crippen molar-refractivity contribution in [2.75, 3.05) is 44.2 Å². The molecule has 266 valence electrons. The highest BCUT2D eigenvalue weighted by atomic mass is 32.2. The number of piperidine rings is 3. The summed E-state index contributed by atoms with van der Waals surface area (Å²) in [6.45, 7) is 4.46. The maximum Gasteiger partial charge on any atom is 0.352 e. The fourth-order valence-corrected chi connectivity index (χ4v) is 8.85. The van der Waals surface area contributed by atoms with Gasteiger partial charge in [-0.05, 0) is 25.5 Å². The van der Waals surface area contributed by atoms with Crippen molar-refractivity contribution in [3.8, 4) is 0 Å². The number of carbonyl (C=O) groups is 6. The molecule has 0 aromatic carbocycles. The Morgan fingerprint density at radius 2 is 1.90 bits per heavy atom. The molecule has 7 N–H and O–H groups in total. The van der Waals surface area contributed by atoms with Crippen LogP contribution < -0.4 is 16.4 Å². The number of hydrogen-bond acceptors (Lipinski definition) is 13. The maximum atomic E-state index is 13.4. The first-order valence-electron chi connectivity index (χ1n) is 15.9. The number of aromatic nitrogens is 1. The number of β-lactam (4-membered cyclic amide) rings is 1. The van der Waals surface area contributed by atoms with Crippen molar-refractivity contribution in [2.45, 2.75) is 50.1 Å². The summed E-state index contributed by atoms with van der Waals surface area (Å²) in [7, 11) is 0. The van der Waals surface area contributed by atoms with Gasteiger partial charge in [0.2, 0.25) is 17.8 Å². The number of thiazole rings is 1. The number of carboxylic acids is 2. The molecule has 2 bridgehead atoms. The van der Waals surface area contributed by atoms with Gasteiger partial charge in [-0.15, -0.1) is 23.1 Å². The molecule has 4 fully saturated rings. The predicted molar refractivity (Wildman–Crippen MR) is 178 cm³/mol. The molecule has 6 heterocycles. The van der Waals surface area contributed by atoms with Crippen LogP contribution in [0.4, 0.5) is 5.13 Å². The van der Waals surface area contributed by atoms with Crippen molar-refractivity contribution in [3.63, 3.8) is 0 Å². The fraction of sp³-hybridized carbons (Fsp3) is 0.484. The number of amides is 3. The summed E-state index contributed by atoms with van der Waals surface area (Å²) in [5, 5.41) is 39.0. The van der Waals surface area contributed by atoms with Gasteiger partial charge >= 0.3 is 11.9 Å². The summed E-state index contributed by atoms with van der Waals surface area (Å²) in [5.41, 5.74) is 6.11. The Balaban J connectivity index is 1.09. The van der Waals surface area contributed by atoms with E-state index in [4.69, 9.17) is 15.7 Å². The zero-order valence-corrected chi connectivity index (χ0v) is 28.6. The van der Waals surface area contributed by atoms with E-state index in [-0.39, 0.29) is 45.7 Å². The lowest BCUT2D eigenvalue weighted by molar-refractivity contribution is -0.941. The van der Waals surface area contributed by atoms with Gasteiger partial charge in [0, 0.05) is 53.5 Å². The van der Waals surface area contributed by atoms with Crippen LogP contribution in [0.25, 0.3) is 0 Å². The lowest BCUT2D eigenvalue weighted by atomic mass is 9.70. The molecule has 0 saturated carbocycles. The highest BCUT2D eigenvalue weighted by Gasteiger charge is 2.56. The number of carbonyl (C=O) groups excluding carboxylic acids is 4. The number of aliphatic carboxylic acids is 2. The molecular formula is C31H36N7O10S2+. The third-order valence-corrected chi connectivity index (χ3v) is 12.0. The molecule has 0 radical (unpaired) electrons. The smallest absolute Gasteiger partial charge is 0.352 e. The van der Waals surface area contributed by atoms with Crippen LogP contribution in [-0.4, -0.2) is 127 Å². The standard InChI is InChI=1S/C31H35N7O10S2/c1-15(28(44)45)48-36-21(18-13-50-30(32)34-18)25(42)35-22-26(43)37-23(29(46)47)17(12-49-27(22)37)11-38-7-4-31(5-8-38,6-9-38)14-33-24(41)16-2-3-19(39)20(40)10-16/h3,10,13,15,22,27H,2,4-9,11-12,14H2,1H3,(H6-,32,33,34,35,39,41,42,44,45,46,47)/p+1/b36-21-/t15-,22+,27+,31?,38?/m0/s1. The van der Waals surface area contributed by atoms with E-state index in [2.05, 4.69) is 20.8 Å². The van der Waals surface area contributed by atoms with E-state index in [1.54, 1.807) is 0 Å². The Morgan fingerprint density at radius 1 is 1.20 bits per heavy atom. The van der Waals surface area contributed by atoms with Crippen molar-refractivity contribution in [3.05, 3.63) is 45.8 Å². The number of aliphatic hydroxyl groups excluding tert-OH is 1. The number of nitrogens with two attached hydrogens (primary N) is 1. The number of thioether (sulfide) groups is 1. The molecule has 3 atom stereocenters. The van der Waals surface area contributed by atoms with Crippen LogP contribution >= 0.6 is 23.1 Å². The number of anilines is 1. The van der Waals surface area contributed by atoms with Gasteiger partial charge in [0.05, 0.1) is 19.6 Å². The van der Waals surface area contributed by atoms with E-state index in [0.29, 0.717) is 34.5 Å². The lowest BCUT2D eigenvalue weighted by Crippen LogP contribution is -2.71. The third kappa shape index (κ3) is 6.71. The average Bonchev–Trinajstić information content (AvgIpc) is 3.53. The summed E-state index contributed by atoms with van der Waals surface area (Å²) in [5.74, 6) is -4.95. The number of nitrogens with one attached hydrogen (secondary N) is 2. The monoisotopic (exact) mass is 730 g/mol. The lowest BCUT2D eigenvalue weighted by Gasteiger charge is -2.56. The van der Waals surface area contributed by atoms with Crippen molar-refractivity contribution >= 4 is 69.4 Å². The number of carboxylic acid groups (broad SMARTS) is 2. The zero-order chi connectivity index (χ0) is 36.0. The molecule has 4 saturated heterocycles. The number of nitrogens with zero attached hydrogens (tertiary/aromatic N) is 4. The van der Waals surface area contributed by atoms with Crippen LogP contribution in [0.1, 0.15) is 38.3 Å². The molecule has 7 rings (SSSR count). The van der Waals surface area contributed by atoms with Crippen LogP contribution in [0.15, 0.2) is 45.3 Å². The highest BCUT2D eigenvalue weighted by Crippen LogP contribution is 2.46. The van der Waals surface area contributed by atoms with Crippen molar-refractivity contribution < 1.29 is 53.4 Å². The van der Waals surface area contributed by atoms with Gasteiger partial charge in [-0.1, -0.05) is 5.16 Å². The molecule has 17 nitrogen and oxygen atoms in total. The fourth-order valence-electron chi connectivity index (χ4n) is 6.97. The first-order valence-corrected chi connectivity index (χ1v) is 17.8. The Morgan fingerprint density at radius 3 is 2.50 bits per heavy atom. The quantitative estimate of drug-likeness (QED) is 0.0724. The normalized spacial score (nSPS) is 28.2. The van der Waals surface area contributed by atoms with Gasteiger partial charge < -0.3 is 41.0 Å². The number of hydrogen-bond donors (Lipinski definition) is 6. The summed E-state index contributed by atoms with van der Waals surface area (Å²) in [6.07, 6.45) is 3.75. The van der Waals surface area contributed by atoms with Crippen LogP contribution in [-0.2, 0) is 33.6 Å². The minimum atomic E-state index is -1.37. The van der Waals surface area contributed by atoms with Crippen molar-refractivity contribution in [1.82, 2.24) is 20.5 Å². The second-order valence-electron chi connectivity index (χ2n) is 13.1. The van der Waals surface area contributed by atoms with Gasteiger partial charge in [-0.2, -0.15) is 0 Å². The molecule has 0 unspecified atom stereocenters. The van der Waals surface area contributed by atoms with Crippen LogP contribution in [0, 0.1) is 5.41 Å². The van der Waals surface area contributed by atoms with E-state index in [1.165, 1.54) is 35.0 Å². The number of quaternary nitrogens is 1. The van der Waals surface area contributed by atoms with Crippen LogP contribution in [0.3, 0.4) is 0 Å². The number of ketones is 1. The molecular weight excluding hydrogens is 695 g/mol. The van der Waals surface area contributed by atoms with Gasteiger partial charge in [0.15, 0.2) is 16.6 Å². The molecule has 50 heavy (non-hydrogen) atoms. The van der Waals surface area contributed by atoms with Gasteiger partial charge in [0.25, 0.3) is 11.8 Å². The Labute approximate surface area is 293 Å². The van der Waals surface area contributed by atoms with Crippen molar-refractivity contribution in [2.24, 2.45) is 10.6 Å². The van der Waals surface area contributed by atoms with E-state index in [9.17, 15) is 39.0 Å². The average molecular weight is 731 g/mol. The summed E-state index contributed by atoms with van der Waals surface area (Å²) in [4.78, 5) is 85.2. The summed E-state index contributed by atoms with van der Waals surface area (Å²) in [6, 6.07) is -1.07. The third-order valence-electron chi connectivity index (χ3n) is 10.0. The topological polar surface area (TPSA) is 251 Å². The van der Waals surface area contributed by atoms with Gasteiger partial charge in [0.1, 0.15) is 29.4 Å². The minimum Gasteiger partial charge on any atom is -0.504 e. The molecule has 0 spiro atoms. The molecule has 5 aliphatic heterocycles. The second kappa shape index (κ2) is 13.5. The maximum absolute atomic E-state index is 13.4. The van der Waals surface area contributed by atoms with E-state index < -0.39 is 47.1 Å². The number of oxime groups is 1. The molecule has 19 heteroatoms. The second-order valence-corrected chi connectivity index (χ2v) is 15.1. The first-order chi connectivity index (χ1) is 23.7. The molecule has 1 aliphatic carbocycles. The van der Waals surface area contributed by atoms with Crippen LogP contribution in [0.2, 0.25) is 0 Å². The predicted octanol–water partition coefficient (Wildman–Crippen LogP) is 0.116. The van der Waals surface area contributed by atoms with E-state index in [1.807, 2.05) is 0 Å². The Bertz CT molecular complexity index is 1780.